The fourth-order valence-electron chi connectivity index (χ4n) is 3.38. The van der Waals surface area contributed by atoms with Crippen molar-refractivity contribution in [2.45, 2.75) is 46.2 Å². The van der Waals surface area contributed by atoms with Gasteiger partial charge in [-0.1, -0.05) is 26.3 Å². The van der Waals surface area contributed by atoms with Crippen LogP contribution >= 0.6 is 11.3 Å². The maximum absolute atomic E-state index is 4.87. The number of piperazine rings is 1. The highest BCUT2D eigenvalue weighted by molar-refractivity contribution is 7.09. The summed E-state index contributed by atoms with van der Waals surface area (Å²) in [5, 5.41) is 13.9. The summed E-state index contributed by atoms with van der Waals surface area (Å²) in [6, 6.07) is 4.37. The summed E-state index contributed by atoms with van der Waals surface area (Å²) >= 11 is 1.85. The molecule has 28 heavy (non-hydrogen) atoms. The summed E-state index contributed by atoms with van der Waals surface area (Å²) in [6.07, 6.45) is 5.03. The van der Waals surface area contributed by atoms with E-state index in [0.717, 1.165) is 77.0 Å². The second-order valence-corrected chi connectivity index (χ2v) is 8.15. The van der Waals surface area contributed by atoms with E-state index in [-0.39, 0.29) is 0 Å². The van der Waals surface area contributed by atoms with Crippen molar-refractivity contribution < 1.29 is 0 Å². The highest BCUT2D eigenvalue weighted by Crippen LogP contribution is 2.13. The van der Waals surface area contributed by atoms with Gasteiger partial charge in [-0.25, -0.2) is 0 Å². The van der Waals surface area contributed by atoms with Gasteiger partial charge < -0.3 is 14.8 Å². The second-order valence-electron chi connectivity index (χ2n) is 7.12. The number of aliphatic imine (C=N–C) groups is 1. The molecular weight excluding hydrogens is 370 g/mol. The maximum atomic E-state index is 4.87. The molecule has 0 aromatic carbocycles. The third-order valence-corrected chi connectivity index (χ3v) is 5.91. The SMILES string of the molecule is CCCCN=C(NCCn1cnnc1CC)N1CCN(Cc2cccs2)CC1. The molecule has 8 heteroatoms. The second kappa shape index (κ2) is 11.2. The van der Waals surface area contributed by atoms with Crippen LogP contribution in [0.1, 0.15) is 37.4 Å². The molecule has 1 aliphatic heterocycles. The zero-order valence-electron chi connectivity index (χ0n) is 17.2. The first-order valence-corrected chi connectivity index (χ1v) is 11.3. The molecule has 0 amide bonds. The number of nitrogens with zero attached hydrogens (tertiary/aromatic N) is 6. The summed E-state index contributed by atoms with van der Waals surface area (Å²) in [5.41, 5.74) is 0. The topological polar surface area (TPSA) is 61.6 Å². The van der Waals surface area contributed by atoms with Gasteiger partial charge in [-0.3, -0.25) is 9.89 Å². The molecule has 0 bridgehead atoms. The van der Waals surface area contributed by atoms with E-state index in [0.29, 0.717) is 0 Å². The highest BCUT2D eigenvalue weighted by Gasteiger charge is 2.20. The van der Waals surface area contributed by atoms with Gasteiger partial charge in [0.25, 0.3) is 0 Å². The van der Waals surface area contributed by atoms with Gasteiger partial charge >= 0.3 is 0 Å². The van der Waals surface area contributed by atoms with Crippen molar-refractivity contribution in [3.05, 3.63) is 34.5 Å². The summed E-state index contributed by atoms with van der Waals surface area (Å²) in [5.74, 6) is 2.09. The molecule has 0 aliphatic carbocycles. The first kappa shape index (κ1) is 20.8. The van der Waals surface area contributed by atoms with Crippen molar-refractivity contribution in [1.82, 2.24) is 29.9 Å². The molecule has 3 rings (SSSR count). The molecular formula is C20H33N7S. The molecule has 7 nitrogen and oxygen atoms in total. The molecule has 0 spiro atoms. The molecule has 0 radical (unpaired) electrons. The number of aromatic nitrogens is 3. The minimum absolute atomic E-state index is 0.839. The van der Waals surface area contributed by atoms with Crippen molar-refractivity contribution in [1.29, 1.82) is 0 Å². The largest absolute Gasteiger partial charge is 0.354 e. The van der Waals surface area contributed by atoms with Crippen molar-refractivity contribution in [3.8, 4) is 0 Å². The Kier molecular flexibility index (Phi) is 8.29. The van der Waals surface area contributed by atoms with Crippen LogP contribution in [0.2, 0.25) is 0 Å². The lowest BCUT2D eigenvalue weighted by Crippen LogP contribution is -2.52. The molecule has 1 fully saturated rings. The molecule has 1 N–H and O–H groups in total. The summed E-state index contributed by atoms with van der Waals surface area (Å²) < 4.78 is 2.12. The van der Waals surface area contributed by atoms with E-state index in [2.05, 4.69) is 61.2 Å². The Hall–Kier alpha value is -1.93. The number of nitrogens with one attached hydrogen (secondary N) is 1. The molecule has 2 aromatic rings. The van der Waals surface area contributed by atoms with E-state index in [1.807, 2.05) is 17.7 Å². The first-order chi connectivity index (χ1) is 13.8. The zero-order chi connectivity index (χ0) is 19.6. The minimum atomic E-state index is 0.839. The standard InChI is InChI=1S/C20H33N7S/c1-3-5-8-21-20(22-9-10-27-17-23-24-19(27)4-2)26-13-11-25(12-14-26)16-18-7-6-15-28-18/h6-7,15,17H,3-5,8-14,16H2,1-2H3,(H,21,22). The lowest BCUT2D eigenvalue weighted by atomic mass is 10.3. The number of aryl methyl sites for hydroxylation is 1. The predicted molar refractivity (Wildman–Crippen MR) is 116 cm³/mol. The highest BCUT2D eigenvalue weighted by atomic mass is 32.1. The quantitative estimate of drug-likeness (QED) is 0.396. The Bertz CT molecular complexity index is 702. The molecule has 3 heterocycles. The molecule has 2 aromatic heterocycles. The van der Waals surface area contributed by atoms with E-state index in [1.54, 1.807) is 0 Å². The predicted octanol–water partition coefficient (Wildman–Crippen LogP) is 2.47. The van der Waals surface area contributed by atoms with E-state index in [1.165, 1.54) is 11.3 Å². The lowest BCUT2D eigenvalue weighted by Gasteiger charge is -2.36. The van der Waals surface area contributed by atoms with Crippen LogP contribution < -0.4 is 5.32 Å². The van der Waals surface area contributed by atoms with Crippen molar-refractivity contribution in [2.75, 3.05) is 39.3 Å². The van der Waals surface area contributed by atoms with Crippen molar-refractivity contribution in [3.63, 3.8) is 0 Å². The fraction of sp³-hybridized carbons (Fsp3) is 0.650. The first-order valence-electron chi connectivity index (χ1n) is 10.4. The molecule has 1 saturated heterocycles. The normalized spacial score (nSPS) is 15.9. The van der Waals surface area contributed by atoms with Crippen LogP contribution in [-0.4, -0.2) is 69.8 Å². The zero-order valence-corrected chi connectivity index (χ0v) is 18.0. The van der Waals surface area contributed by atoms with Gasteiger partial charge in [0.15, 0.2) is 5.96 Å². The van der Waals surface area contributed by atoms with E-state index >= 15 is 0 Å². The smallest absolute Gasteiger partial charge is 0.194 e. The average molecular weight is 404 g/mol. The monoisotopic (exact) mass is 403 g/mol. The van der Waals surface area contributed by atoms with Crippen LogP contribution in [0.5, 0.6) is 0 Å². The average Bonchev–Trinajstić information content (AvgIpc) is 3.39. The van der Waals surface area contributed by atoms with Crippen LogP contribution in [0.4, 0.5) is 0 Å². The molecule has 0 unspecified atom stereocenters. The van der Waals surface area contributed by atoms with E-state index in [4.69, 9.17) is 4.99 Å². The third-order valence-electron chi connectivity index (χ3n) is 5.05. The summed E-state index contributed by atoms with van der Waals surface area (Å²) in [4.78, 5) is 11.3. The maximum Gasteiger partial charge on any atom is 0.194 e. The van der Waals surface area contributed by atoms with Gasteiger partial charge in [0.05, 0.1) is 0 Å². The van der Waals surface area contributed by atoms with Gasteiger partial charge in [0.1, 0.15) is 12.2 Å². The minimum Gasteiger partial charge on any atom is -0.354 e. The van der Waals surface area contributed by atoms with Crippen molar-refractivity contribution >= 4 is 17.3 Å². The number of thiophene rings is 1. The van der Waals surface area contributed by atoms with Gasteiger partial charge in [0, 0.05) is 63.7 Å². The Morgan fingerprint density at radius 2 is 2.11 bits per heavy atom. The number of hydrogen-bond acceptors (Lipinski definition) is 5. The van der Waals surface area contributed by atoms with Gasteiger partial charge in [-0.2, -0.15) is 0 Å². The van der Waals surface area contributed by atoms with Crippen LogP contribution in [-0.2, 0) is 19.5 Å². The number of rotatable bonds is 9. The van der Waals surface area contributed by atoms with E-state index in [9.17, 15) is 0 Å². The number of unbranched alkanes of at least 4 members (excludes halogenated alkanes) is 1. The molecule has 0 saturated carbocycles. The lowest BCUT2D eigenvalue weighted by molar-refractivity contribution is 0.173. The Balaban J connectivity index is 1.50. The third kappa shape index (κ3) is 6.04. The fourth-order valence-corrected chi connectivity index (χ4v) is 4.13. The van der Waals surface area contributed by atoms with Gasteiger partial charge in [-0.05, 0) is 17.9 Å². The van der Waals surface area contributed by atoms with Crippen LogP contribution in [0.15, 0.2) is 28.8 Å². The Morgan fingerprint density at radius 1 is 1.25 bits per heavy atom. The molecule has 0 atom stereocenters. The van der Waals surface area contributed by atoms with Crippen LogP contribution in [0.3, 0.4) is 0 Å². The molecule has 154 valence electrons. The summed E-state index contributed by atoms with van der Waals surface area (Å²) in [6.45, 7) is 12.2. The summed E-state index contributed by atoms with van der Waals surface area (Å²) in [7, 11) is 0. The number of hydrogen-bond donors (Lipinski definition) is 1. The number of guanidine groups is 1. The van der Waals surface area contributed by atoms with Gasteiger partial charge in [0.2, 0.25) is 0 Å². The Morgan fingerprint density at radius 3 is 2.82 bits per heavy atom. The van der Waals surface area contributed by atoms with E-state index < -0.39 is 0 Å². The molecule has 1 aliphatic rings. The van der Waals surface area contributed by atoms with Crippen LogP contribution in [0, 0.1) is 0 Å². The van der Waals surface area contributed by atoms with Crippen LogP contribution in [0.25, 0.3) is 0 Å². The Labute approximate surface area is 172 Å². The van der Waals surface area contributed by atoms with Gasteiger partial charge in [-0.15, -0.1) is 21.5 Å². The van der Waals surface area contributed by atoms with Crippen molar-refractivity contribution in [2.24, 2.45) is 4.99 Å².